The standard InChI is InChI=1S/C11H20N2O4/c1-7-5-13(6-9(7)10(14)15)11(16)12-4-8(2)17-3/h7-9H,4-6H2,1-3H3,(H,12,16)(H,14,15). The molecule has 2 amide bonds. The summed E-state index contributed by atoms with van der Waals surface area (Å²) in [6.07, 6.45) is -0.0470. The van der Waals surface area contributed by atoms with Crippen molar-refractivity contribution in [3.05, 3.63) is 0 Å². The highest BCUT2D eigenvalue weighted by atomic mass is 16.5. The van der Waals surface area contributed by atoms with E-state index in [1.165, 1.54) is 0 Å². The second kappa shape index (κ2) is 5.86. The number of carbonyl (C=O) groups is 2. The molecule has 1 heterocycles. The third kappa shape index (κ3) is 3.59. The lowest BCUT2D eigenvalue weighted by molar-refractivity contribution is -0.142. The molecule has 0 spiro atoms. The molecule has 6 heteroatoms. The van der Waals surface area contributed by atoms with E-state index in [0.29, 0.717) is 13.1 Å². The van der Waals surface area contributed by atoms with Crippen LogP contribution in [0.4, 0.5) is 4.79 Å². The molecule has 1 rings (SSSR count). The van der Waals surface area contributed by atoms with Gasteiger partial charge in [-0.2, -0.15) is 0 Å². The summed E-state index contributed by atoms with van der Waals surface area (Å²) < 4.78 is 5.02. The SMILES string of the molecule is COC(C)CNC(=O)N1CC(C)C(C(=O)O)C1. The third-order valence-electron chi connectivity index (χ3n) is 3.16. The van der Waals surface area contributed by atoms with Gasteiger partial charge in [-0.15, -0.1) is 0 Å². The highest BCUT2D eigenvalue weighted by Crippen LogP contribution is 2.22. The number of carbonyl (C=O) groups excluding carboxylic acids is 1. The first kappa shape index (κ1) is 13.8. The molecule has 1 saturated heterocycles. The topological polar surface area (TPSA) is 78.9 Å². The zero-order valence-electron chi connectivity index (χ0n) is 10.5. The van der Waals surface area contributed by atoms with Crippen LogP contribution in [0.5, 0.6) is 0 Å². The van der Waals surface area contributed by atoms with Crippen LogP contribution >= 0.6 is 0 Å². The fourth-order valence-corrected chi connectivity index (χ4v) is 1.88. The average Bonchev–Trinajstić information content (AvgIpc) is 2.67. The molecule has 17 heavy (non-hydrogen) atoms. The van der Waals surface area contributed by atoms with Gasteiger partial charge in [0.25, 0.3) is 0 Å². The summed E-state index contributed by atoms with van der Waals surface area (Å²) in [5.74, 6) is -1.29. The molecule has 0 radical (unpaired) electrons. The predicted molar refractivity (Wildman–Crippen MR) is 61.7 cm³/mol. The summed E-state index contributed by atoms with van der Waals surface area (Å²) in [6.45, 7) is 4.91. The Morgan fingerprint density at radius 3 is 2.65 bits per heavy atom. The van der Waals surface area contributed by atoms with Crippen molar-refractivity contribution in [3.63, 3.8) is 0 Å². The van der Waals surface area contributed by atoms with Crippen molar-refractivity contribution >= 4 is 12.0 Å². The lowest BCUT2D eigenvalue weighted by Crippen LogP contribution is -2.42. The zero-order chi connectivity index (χ0) is 13.0. The molecular weight excluding hydrogens is 224 g/mol. The number of nitrogens with one attached hydrogen (secondary N) is 1. The molecule has 0 aromatic carbocycles. The van der Waals surface area contributed by atoms with E-state index in [9.17, 15) is 9.59 Å². The van der Waals surface area contributed by atoms with Gasteiger partial charge in [-0.25, -0.2) is 4.79 Å². The van der Waals surface area contributed by atoms with Gasteiger partial charge in [0, 0.05) is 26.7 Å². The Hall–Kier alpha value is -1.30. The van der Waals surface area contributed by atoms with Crippen molar-refractivity contribution < 1.29 is 19.4 Å². The Labute approximate surface area is 101 Å². The van der Waals surface area contributed by atoms with Crippen LogP contribution in [-0.2, 0) is 9.53 Å². The van der Waals surface area contributed by atoms with E-state index >= 15 is 0 Å². The summed E-state index contributed by atoms with van der Waals surface area (Å²) in [5, 5.41) is 11.7. The Balaban J connectivity index is 2.42. The van der Waals surface area contributed by atoms with E-state index in [-0.39, 0.29) is 24.6 Å². The van der Waals surface area contributed by atoms with E-state index in [0.717, 1.165) is 0 Å². The number of nitrogens with zero attached hydrogens (tertiary/aromatic N) is 1. The summed E-state index contributed by atoms with van der Waals surface area (Å²) in [7, 11) is 1.58. The lowest BCUT2D eigenvalue weighted by Gasteiger charge is -2.18. The number of ether oxygens (including phenoxy) is 1. The number of carboxylic acids is 1. The second-order valence-corrected chi connectivity index (χ2v) is 4.56. The molecule has 0 aliphatic carbocycles. The number of aliphatic carboxylic acids is 1. The molecule has 0 aromatic rings. The Morgan fingerprint density at radius 2 is 2.18 bits per heavy atom. The van der Waals surface area contributed by atoms with Crippen molar-refractivity contribution in [2.75, 3.05) is 26.7 Å². The van der Waals surface area contributed by atoms with Gasteiger partial charge in [-0.3, -0.25) is 4.79 Å². The molecule has 3 unspecified atom stereocenters. The van der Waals surface area contributed by atoms with Crippen LogP contribution in [0.15, 0.2) is 0 Å². The van der Waals surface area contributed by atoms with Crippen molar-refractivity contribution in [1.29, 1.82) is 0 Å². The first-order chi connectivity index (χ1) is 7.95. The maximum absolute atomic E-state index is 11.7. The summed E-state index contributed by atoms with van der Waals surface area (Å²) in [5.41, 5.74) is 0. The fraction of sp³-hybridized carbons (Fsp3) is 0.818. The smallest absolute Gasteiger partial charge is 0.317 e. The molecular formula is C11H20N2O4. The number of rotatable bonds is 4. The minimum Gasteiger partial charge on any atom is -0.481 e. The minimum atomic E-state index is -0.835. The molecule has 3 atom stereocenters. The van der Waals surface area contributed by atoms with Gasteiger partial charge in [0.2, 0.25) is 0 Å². The van der Waals surface area contributed by atoms with Crippen molar-refractivity contribution in [1.82, 2.24) is 10.2 Å². The van der Waals surface area contributed by atoms with Crippen LogP contribution in [-0.4, -0.2) is 54.9 Å². The van der Waals surface area contributed by atoms with Crippen LogP contribution in [0.1, 0.15) is 13.8 Å². The normalized spacial score (nSPS) is 25.7. The van der Waals surface area contributed by atoms with Gasteiger partial charge >= 0.3 is 12.0 Å². The van der Waals surface area contributed by atoms with Gasteiger partial charge in [0.05, 0.1) is 12.0 Å². The van der Waals surface area contributed by atoms with E-state index in [4.69, 9.17) is 9.84 Å². The minimum absolute atomic E-state index is 0.00176. The van der Waals surface area contributed by atoms with Gasteiger partial charge < -0.3 is 20.1 Å². The number of hydrogen-bond donors (Lipinski definition) is 2. The second-order valence-electron chi connectivity index (χ2n) is 4.56. The van der Waals surface area contributed by atoms with Crippen LogP contribution in [0.2, 0.25) is 0 Å². The van der Waals surface area contributed by atoms with Crippen molar-refractivity contribution in [3.8, 4) is 0 Å². The maximum Gasteiger partial charge on any atom is 0.317 e. The molecule has 0 bridgehead atoms. The van der Waals surface area contributed by atoms with E-state index in [1.54, 1.807) is 12.0 Å². The third-order valence-corrected chi connectivity index (χ3v) is 3.16. The number of carboxylic acid groups (broad SMARTS) is 1. The molecule has 0 saturated carbocycles. The number of methoxy groups -OCH3 is 1. The van der Waals surface area contributed by atoms with Crippen LogP contribution < -0.4 is 5.32 Å². The van der Waals surface area contributed by atoms with E-state index in [1.807, 2.05) is 13.8 Å². The van der Waals surface area contributed by atoms with Crippen LogP contribution in [0, 0.1) is 11.8 Å². The zero-order valence-corrected chi connectivity index (χ0v) is 10.5. The lowest BCUT2D eigenvalue weighted by atomic mass is 9.99. The van der Waals surface area contributed by atoms with Crippen LogP contribution in [0.3, 0.4) is 0 Å². The number of likely N-dealkylation sites (tertiary alicyclic amines) is 1. The molecule has 2 N–H and O–H groups in total. The largest absolute Gasteiger partial charge is 0.481 e. The van der Waals surface area contributed by atoms with E-state index in [2.05, 4.69) is 5.32 Å². The van der Waals surface area contributed by atoms with Crippen LogP contribution in [0.25, 0.3) is 0 Å². The molecule has 1 fully saturated rings. The highest BCUT2D eigenvalue weighted by Gasteiger charge is 2.36. The Kier molecular flexibility index (Phi) is 4.74. The summed E-state index contributed by atoms with van der Waals surface area (Å²) in [6, 6.07) is -0.218. The number of amides is 2. The van der Waals surface area contributed by atoms with Crippen molar-refractivity contribution in [2.24, 2.45) is 11.8 Å². The van der Waals surface area contributed by atoms with Gasteiger partial charge in [0.15, 0.2) is 0 Å². The number of hydrogen-bond acceptors (Lipinski definition) is 3. The quantitative estimate of drug-likeness (QED) is 0.749. The van der Waals surface area contributed by atoms with Gasteiger partial charge in [-0.1, -0.05) is 6.92 Å². The maximum atomic E-state index is 11.7. The predicted octanol–water partition coefficient (Wildman–Crippen LogP) is 0.383. The molecule has 6 nitrogen and oxygen atoms in total. The molecule has 1 aliphatic rings. The van der Waals surface area contributed by atoms with Gasteiger partial charge in [0.1, 0.15) is 0 Å². The van der Waals surface area contributed by atoms with Crippen molar-refractivity contribution in [2.45, 2.75) is 20.0 Å². The highest BCUT2D eigenvalue weighted by molar-refractivity contribution is 5.77. The Bertz CT molecular complexity index is 295. The summed E-state index contributed by atoms with van der Waals surface area (Å²) >= 11 is 0. The fourth-order valence-electron chi connectivity index (χ4n) is 1.88. The Morgan fingerprint density at radius 1 is 1.53 bits per heavy atom. The molecule has 1 aliphatic heterocycles. The monoisotopic (exact) mass is 244 g/mol. The number of urea groups is 1. The van der Waals surface area contributed by atoms with Gasteiger partial charge in [-0.05, 0) is 12.8 Å². The first-order valence-electron chi connectivity index (χ1n) is 5.74. The first-order valence-corrected chi connectivity index (χ1v) is 5.74. The molecule has 0 aromatic heterocycles. The average molecular weight is 244 g/mol. The molecule has 98 valence electrons. The van der Waals surface area contributed by atoms with E-state index < -0.39 is 11.9 Å². The summed E-state index contributed by atoms with van der Waals surface area (Å²) in [4.78, 5) is 24.2.